The quantitative estimate of drug-likeness (QED) is 0.185. The lowest BCUT2D eigenvalue weighted by Gasteiger charge is -2.11. The van der Waals surface area contributed by atoms with Gasteiger partial charge in [-0.25, -0.2) is 0 Å². The number of hydrogen-bond donors (Lipinski definition) is 0. The average Bonchev–Trinajstić information content (AvgIpc) is 3.18. The lowest BCUT2D eigenvalue weighted by molar-refractivity contribution is 1.50. The van der Waals surface area contributed by atoms with Gasteiger partial charge in [-0.15, -0.1) is 0 Å². The summed E-state index contributed by atoms with van der Waals surface area (Å²) in [4.78, 5) is 0. The summed E-state index contributed by atoms with van der Waals surface area (Å²) >= 11 is 0. The predicted molar refractivity (Wildman–Crippen MR) is 203 cm³/mol. The molecule has 0 aliphatic carbocycles. The lowest BCUT2D eigenvalue weighted by atomic mass is 9.93. The minimum atomic E-state index is 1.24. The molecular formula is C46H44. The standard InChI is InChI=1S/C24H18.C18H14.2C2H6/c1-4-10-19(11-5-1)22-16-23(20-12-6-2-7-13-20)18-24(17-22)21-14-8-3-9-15-21;1-3-8-15(9-4-1)17-12-7-13-18(14-17)16-10-5-2-6-11-16;2*1-2/h1-18H;1-14H;2*1-2H3. The van der Waals surface area contributed by atoms with Gasteiger partial charge in [-0.1, -0.05) is 198 Å². The van der Waals surface area contributed by atoms with Crippen LogP contribution in [0.15, 0.2) is 194 Å². The first-order valence-corrected chi connectivity index (χ1v) is 16.4. The second-order valence-electron chi connectivity index (χ2n) is 10.2. The van der Waals surface area contributed by atoms with Crippen molar-refractivity contribution >= 4 is 0 Å². The molecule has 7 aromatic rings. The Morgan fingerprint density at radius 2 is 0.348 bits per heavy atom. The SMILES string of the molecule is CC.CC.c1ccc(-c2cc(-c3ccccc3)cc(-c3ccccc3)c2)cc1.c1ccc(-c2cccc(-c3ccccc3)c2)cc1. The molecule has 0 amide bonds. The Bertz CT molecular complexity index is 1630. The fraction of sp³-hybridized carbons (Fsp3) is 0.0870. The van der Waals surface area contributed by atoms with Crippen molar-refractivity contribution in [3.63, 3.8) is 0 Å². The zero-order valence-corrected chi connectivity index (χ0v) is 27.5. The van der Waals surface area contributed by atoms with E-state index >= 15 is 0 Å². The molecule has 0 saturated carbocycles. The van der Waals surface area contributed by atoms with Crippen molar-refractivity contribution in [1.29, 1.82) is 0 Å². The average molecular weight is 597 g/mol. The third-order valence-corrected chi connectivity index (χ3v) is 7.33. The smallest absolute Gasteiger partial charge is 0.0172 e. The first-order chi connectivity index (χ1) is 22.8. The molecule has 0 bridgehead atoms. The van der Waals surface area contributed by atoms with Crippen LogP contribution in [-0.2, 0) is 0 Å². The Morgan fingerprint density at radius 1 is 0.174 bits per heavy atom. The van der Waals surface area contributed by atoms with Crippen LogP contribution in [0.1, 0.15) is 27.7 Å². The van der Waals surface area contributed by atoms with Gasteiger partial charge >= 0.3 is 0 Å². The molecular weight excluding hydrogens is 553 g/mol. The second kappa shape index (κ2) is 18.4. The van der Waals surface area contributed by atoms with Crippen LogP contribution in [0, 0.1) is 0 Å². The molecule has 0 radical (unpaired) electrons. The van der Waals surface area contributed by atoms with Crippen molar-refractivity contribution in [1.82, 2.24) is 0 Å². The molecule has 0 spiro atoms. The Morgan fingerprint density at radius 3 is 0.587 bits per heavy atom. The second-order valence-corrected chi connectivity index (χ2v) is 10.2. The molecule has 0 saturated heterocycles. The summed E-state index contributed by atoms with van der Waals surface area (Å²) in [6.45, 7) is 8.00. The highest BCUT2D eigenvalue weighted by Crippen LogP contribution is 2.32. The van der Waals surface area contributed by atoms with Gasteiger partial charge in [-0.3, -0.25) is 0 Å². The Balaban J connectivity index is 0.000000195. The van der Waals surface area contributed by atoms with Crippen LogP contribution in [0.2, 0.25) is 0 Å². The molecule has 0 heteroatoms. The van der Waals surface area contributed by atoms with Crippen LogP contribution in [0.5, 0.6) is 0 Å². The van der Waals surface area contributed by atoms with Gasteiger partial charge in [-0.05, 0) is 79.9 Å². The van der Waals surface area contributed by atoms with Gasteiger partial charge in [0.25, 0.3) is 0 Å². The monoisotopic (exact) mass is 596 g/mol. The molecule has 0 heterocycles. The van der Waals surface area contributed by atoms with E-state index in [0.717, 1.165) is 0 Å². The molecule has 0 nitrogen and oxygen atoms in total. The van der Waals surface area contributed by atoms with E-state index in [2.05, 4.69) is 182 Å². The zero-order chi connectivity index (χ0) is 32.4. The van der Waals surface area contributed by atoms with Gasteiger partial charge < -0.3 is 0 Å². The summed E-state index contributed by atoms with van der Waals surface area (Å²) in [7, 11) is 0. The highest BCUT2D eigenvalue weighted by molar-refractivity contribution is 5.81. The van der Waals surface area contributed by atoms with Crippen molar-refractivity contribution in [2.24, 2.45) is 0 Å². The summed E-state index contributed by atoms with van der Waals surface area (Å²) < 4.78 is 0. The summed E-state index contributed by atoms with van der Waals surface area (Å²) in [6, 6.07) is 68.2. The first kappa shape index (κ1) is 33.4. The van der Waals surface area contributed by atoms with Gasteiger partial charge in [-0.2, -0.15) is 0 Å². The minimum Gasteiger partial charge on any atom is -0.0683 e. The molecule has 0 N–H and O–H groups in total. The van der Waals surface area contributed by atoms with Crippen molar-refractivity contribution in [2.45, 2.75) is 27.7 Å². The maximum Gasteiger partial charge on any atom is -0.0172 e. The van der Waals surface area contributed by atoms with E-state index in [9.17, 15) is 0 Å². The molecule has 0 aliphatic heterocycles. The normalized spacial score (nSPS) is 9.74. The van der Waals surface area contributed by atoms with E-state index in [1.165, 1.54) is 55.6 Å². The maximum atomic E-state index is 2.27. The Kier molecular flexibility index (Phi) is 13.4. The molecule has 0 unspecified atom stereocenters. The van der Waals surface area contributed by atoms with Crippen LogP contribution in [0.4, 0.5) is 0 Å². The van der Waals surface area contributed by atoms with E-state index in [1.54, 1.807) is 0 Å². The van der Waals surface area contributed by atoms with Crippen molar-refractivity contribution in [3.05, 3.63) is 194 Å². The minimum absolute atomic E-state index is 1.24. The van der Waals surface area contributed by atoms with Crippen molar-refractivity contribution in [2.75, 3.05) is 0 Å². The van der Waals surface area contributed by atoms with E-state index in [0.29, 0.717) is 0 Å². The van der Waals surface area contributed by atoms with E-state index in [-0.39, 0.29) is 0 Å². The molecule has 0 atom stereocenters. The van der Waals surface area contributed by atoms with Crippen LogP contribution in [0.3, 0.4) is 0 Å². The number of hydrogen-bond acceptors (Lipinski definition) is 0. The molecule has 46 heavy (non-hydrogen) atoms. The van der Waals surface area contributed by atoms with Crippen LogP contribution >= 0.6 is 0 Å². The third kappa shape index (κ3) is 9.27. The van der Waals surface area contributed by atoms with Crippen molar-refractivity contribution in [3.8, 4) is 55.6 Å². The zero-order valence-electron chi connectivity index (χ0n) is 27.5. The van der Waals surface area contributed by atoms with E-state index in [4.69, 9.17) is 0 Å². The van der Waals surface area contributed by atoms with Crippen LogP contribution in [-0.4, -0.2) is 0 Å². The van der Waals surface area contributed by atoms with E-state index < -0.39 is 0 Å². The first-order valence-electron chi connectivity index (χ1n) is 16.4. The van der Waals surface area contributed by atoms with Gasteiger partial charge in [0.05, 0.1) is 0 Å². The fourth-order valence-corrected chi connectivity index (χ4v) is 5.16. The largest absolute Gasteiger partial charge is 0.0683 e. The Hall–Kier alpha value is -5.46. The van der Waals surface area contributed by atoms with E-state index in [1.807, 2.05) is 39.8 Å². The van der Waals surface area contributed by atoms with Gasteiger partial charge in [0.15, 0.2) is 0 Å². The molecule has 7 aromatic carbocycles. The summed E-state index contributed by atoms with van der Waals surface area (Å²) in [5.74, 6) is 0. The topological polar surface area (TPSA) is 0 Å². The summed E-state index contributed by atoms with van der Waals surface area (Å²) in [5.41, 5.74) is 12.5. The van der Waals surface area contributed by atoms with Crippen molar-refractivity contribution < 1.29 is 0 Å². The summed E-state index contributed by atoms with van der Waals surface area (Å²) in [6.07, 6.45) is 0. The van der Waals surface area contributed by atoms with Crippen LogP contribution < -0.4 is 0 Å². The molecule has 0 fully saturated rings. The third-order valence-electron chi connectivity index (χ3n) is 7.33. The molecule has 7 rings (SSSR count). The number of benzene rings is 7. The highest BCUT2D eigenvalue weighted by atomic mass is 14.1. The van der Waals surface area contributed by atoms with Gasteiger partial charge in [0.2, 0.25) is 0 Å². The van der Waals surface area contributed by atoms with Gasteiger partial charge in [0, 0.05) is 0 Å². The molecule has 0 aliphatic rings. The predicted octanol–water partition coefficient (Wildman–Crippen LogP) is 13.8. The number of rotatable bonds is 5. The van der Waals surface area contributed by atoms with Crippen LogP contribution in [0.25, 0.3) is 55.6 Å². The fourth-order valence-electron chi connectivity index (χ4n) is 5.16. The highest BCUT2D eigenvalue weighted by Gasteiger charge is 2.07. The maximum absolute atomic E-state index is 2.27. The molecule has 0 aromatic heterocycles. The lowest BCUT2D eigenvalue weighted by Crippen LogP contribution is -1.85. The Labute approximate surface area is 276 Å². The van der Waals surface area contributed by atoms with Gasteiger partial charge in [0.1, 0.15) is 0 Å². The summed E-state index contributed by atoms with van der Waals surface area (Å²) in [5, 5.41) is 0. The molecule has 228 valence electrons.